The van der Waals surface area contributed by atoms with Crippen molar-refractivity contribution < 1.29 is 5.11 Å². The van der Waals surface area contributed by atoms with Gasteiger partial charge in [-0.25, -0.2) is 4.98 Å². The highest BCUT2D eigenvalue weighted by atomic mass is 32.1. The Bertz CT molecular complexity index is 634. The van der Waals surface area contributed by atoms with Gasteiger partial charge in [0.1, 0.15) is 5.01 Å². The van der Waals surface area contributed by atoms with Gasteiger partial charge in [0, 0.05) is 24.8 Å². The number of hydrogen-bond acceptors (Lipinski definition) is 6. The average Bonchev–Trinajstić information content (AvgIpc) is 2.72. The molecule has 6 nitrogen and oxygen atoms in total. The lowest BCUT2D eigenvalue weighted by atomic mass is 10.4. The molecule has 0 unspecified atom stereocenters. The smallest absolute Gasteiger partial charge is 0.275 e. The van der Waals surface area contributed by atoms with E-state index in [1.54, 1.807) is 13.0 Å². The molecule has 0 bridgehead atoms. The summed E-state index contributed by atoms with van der Waals surface area (Å²) in [6, 6.07) is 1.46. The van der Waals surface area contributed by atoms with Gasteiger partial charge in [0.15, 0.2) is 0 Å². The van der Waals surface area contributed by atoms with E-state index < -0.39 is 0 Å². The van der Waals surface area contributed by atoms with Crippen molar-refractivity contribution in [3.8, 4) is 0 Å². The van der Waals surface area contributed by atoms with Gasteiger partial charge >= 0.3 is 0 Å². The molecule has 19 heavy (non-hydrogen) atoms. The molecule has 2 rings (SSSR count). The van der Waals surface area contributed by atoms with E-state index in [9.17, 15) is 4.79 Å². The number of fused-ring (bicyclic) bond motifs is 1. The predicted molar refractivity (Wildman–Crippen MR) is 74.4 cm³/mol. The second-order valence-electron chi connectivity index (χ2n) is 4.17. The Morgan fingerprint density at radius 2 is 2.42 bits per heavy atom. The summed E-state index contributed by atoms with van der Waals surface area (Å²) in [5, 5.41) is 14.1. The maximum absolute atomic E-state index is 11.7. The molecule has 1 N–H and O–H groups in total. The third-order valence-electron chi connectivity index (χ3n) is 2.58. The lowest BCUT2D eigenvalue weighted by Gasteiger charge is -2.16. The molecule has 0 amide bonds. The SMILES string of the molecule is C=CCN(CCO)Cc1nn2c(=O)cc(C)nc2s1. The summed E-state index contributed by atoms with van der Waals surface area (Å²) < 4.78 is 1.32. The van der Waals surface area contributed by atoms with Crippen LogP contribution in [0.3, 0.4) is 0 Å². The van der Waals surface area contributed by atoms with Gasteiger partial charge < -0.3 is 5.11 Å². The second-order valence-corrected chi connectivity index (χ2v) is 5.21. The van der Waals surface area contributed by atoms with E-state index in [-0.39, 0.29) is 12.2 Å². The normalized spacial score (nSPS) is 11.3. The fraction of sp³-hybridized carbons (Fsp3) is 0.417. The van der Waals surface area contributed by atoms with Crippen molar-refractivity contribution in [2.24, 2.45) is 0 Å². The molecule has 7 heteroatoms. The fourth-order valence-corrected chi connectivity index (χ4v) is 2.76. The maximum Gasteiger partial charge on any atom is 0.275 e. The number of rotatable bonds is 6. The number of aryl methyl sites for hydroxylation is 1. The largest absolute Gasteiger partial charge is 0.395 e. The van der Waals surface area contributed by atoms with Crippen LogP contribution in [0.15, 0.2) is 23.5 Å². The van der Waals surface area contributed by atoms with Crippen LogP contribution in [0.2, 0.25) is 0 Å². The minimum atomic E-state index is -0.164. The molecular weight excluding hydrogens is 264 g/mol. The molecule has 2 aromatic rings. The summed E-state index contributed by atoms with van der Waals surface area (Å²) in [6.07, 6.45) is 1.78. The molecule has 0 fully saturated rings. The molecule has 0 aromatic carbocycles. The van der Waals surface area contributed by atoms with Crippen LogP contribution >= 0.6 is 11.3 Å². The fourth-order valence-electron chi connectivity index (χ4n) is 1.77. The van der Waals surface area contributed by atoms with Crippen molar-refractivity contribution in [2.75, 3.05) is 19.7 Å². The maximum atomic E-state index is 11.7. The van der Waals surface area contributed by atoms with Gasteiger partial charge in [-0.1, -0.05) is 17.4 Å². The molecular formula is C12H16N4O2S. The van der Waals surface area contributed by atoms with Crippen molar-refractivity contribution in [1.29, 1.82) is 0 Å². The lowest BCUT2D eigenvalue weighted by molar-refractivity contribution is 0.203. The van der Waals surface area contributed by atoms with E-state index in [1.165, 1.54) is 21.9 Å². The van der Waals surface area contributed by atoms with Crippen LogP contribution in [0.1, 0.15) is 10.7 Å². The minimum Gasteiger partial charge on any atom is -0.395 e. The van der Waals surface area contributed by atoms with E-state index in [4.69, 9.17) is 5.11 Å². The van der Waals surface area contributed by atoms with Crippen LogP contribution in [0.5, 0.6) is 0 Å². The molecule has 2 aromatic heterocycles. The van der Waals surface area contributed by atoms with Gasteiger partial charge in [0.2, 0.25) is 4.96 Å². The molecule has 0 aliphatic rings. The standard InChI is InChI=1S/C12H16N4O2S/c1-3-4-15(5-6-17)8-10-14-16-11(18)7-9(2)13-12(16)19-10/h3,7,17H,1,4-6,8H2,2H3. The second kappa shape index (κ2) is 6.05. The zero-order valence-electron chi connectivity index (χ0n) is 10.7. The Morgan fingerprint density at radius 3 is 3.11 bits per heavy atom. The first-order chi connectivity index (χ1) is 9.13. The van der Waals surface area contributed by atoms with Crippen LogP contribution in [-0.4, -0.2) is 44.3 Å². The van der Waals surface area contributed by atoms with Crippen LogP contribution in [0.4, 0.5) is 0 Å². The van der Waals surface area contributed by atoms with Crippen molar-refractivity contribution in [3.63, 3.8) is 0 Å². The summed E-state index contributed by atoms with van der Waals surface area (Å²) in [4.78, 5) is 18.6. The van der Waals surface area contributed by atoms with Gasteiger partial charge in [-0.3, -0.25) is 9.69 Å². The van der Waals surface area contributed by atoms with Crippen LogP contribution < -0.4 is 5.56 Å². The number of aromatic nitrogens is 3. The summed E-state index contributed by atoms with van der Waals surface area (Å²) in [6.45, 7) is 7.33. The van der Waals surface area contributed by atoms with Crippen molar-refractivity contribution in [1.82, 2.24) is 19.5 Å². The average molecular weight is 280 g/mol. The molecule has 0 radical (unpaired) electrons. The third-order valence-corrected chi connectivity index (χ3v) is 3.47. The highest BCUT2D eigenvalue weighted by Crippen LogP contribution is 2.13. The summed E-state index contributed by atoms with van der Waals surface area (Å²) in [7, 11) is 0. The van der Waals surface area contributed by atoms with Crippen molar-refractivity contribution >= 4 is 16.3 Å². The lowest BCUT2D eigenvalue weighted by Crippen LogP contribution is -2.26. The van der Waals surface area contributed by atoms with E-state index in [2.05, 4.69) is 16.7 Å². The first-order valence-electron chi connectivity index (χ1n) is 5.94. The first-order valence-corrected chi connectivity index (χ1v) is 6.76. The van der Waals surface area contributed by atoms with Crippen molar-refractivity contribution in [3.05, 3.63) is 39.8 Å². The van der Waals surface area contributed by atoms with E-state index in [0.717, 1.165) is 5.01 Å². The Balaban J connectivity index is 2.28. The van der Waals surface area contributed by atoms with Crippen LogP contribution in [0.25, 0.3) is 4.96 Å². The van der Waals surface area contributed by atoms with Crippen LogP contribution in [-0.2, 0) is 6.54 Å². The van der Waals surface area contributed by atoms with Gasteiger partial charge in [-0.15, -0.1) is 6.58 Å². The van der Waals surface area contributed by atoms with Crippen LogP contribution in [0, 0.1) is 6.92 Å². The van der Waals surface area contributed by atoms with Gasteiger partial charge in [0.05, 0.1) is 13.2 Å². The quantitative estimate of drug-likeness (QED) is 0.778. The Kier molecular flexibility index (Phi) is 4.41. The topological polar surface area (TPSA) is 70.7 Å². The van der Waals surface area contributed by atoms with Gasteiger partial charge in [-0.05, 0) is 6.92 Å². The summed E-state index contributed by atoms with van der Waals surface area (Å²) in [5.74, 6) is 0. The third kappa shape index (κ3) is 3.25. The highest BCUT2D eigenvalue weighted by Gasteiger charge is 2.11. The number of hydrogen-bond donors (Lipinski definition) is 1. The van der Waals surface area contributed by atoms with E-state index >= 15 is 0 Å². The Labute approximate surface area is 114 Å². The molecule has 0 saturated carbocycles. The number of aliphatic hydroxyl groups excluding tert-OH is 1. The zero-order valence-corrected chi connectivity index (χ0v) is 11.6. The molecule has 0 aliphatic heterocycles. The first kappa shape index (κ1) is 13.9. The minimum absolute atomic E-state index is 0.0794. The van der Waals surface area contributed by atoms with Gasteiger partial charge in [0.25, 0.3) is 5.56 Å². The summed E-state index contributed by atoms with van der Waals surface area (Å²) in [5.41, 5.74) is 0.529. The van der Waals surface area contributed by atoms with Crippen molar-refractivity contribution in [2.45, 2.75) is 13.5 Å². The Morgan fingerprint density at radius 1 is 1.63 bits per heavy atom. The van der Waals surface area contributed by atoms with Gasteiger partial charge in [-0.2, -0.15) is 9.61 Å². The molecule has 102 valence electrons. The van der Waals surface area contributed by atoms with E-state index in [1.807, 2.05) is 4.90 Å². The molecule has 0 spiro atoms. The predicted octanol–water partition coefficient (Wildman–Crippen LogP) is 0.440. The molecule has 0 atom stereocenters. The molecule has 2 heterocycles. The summed E-state index contributed by atoms with van der Waals surface area (Å²) >= 11 is 1.39. The highest BCUT2D eigenvalue weighted by molar-refractivity contribution is 7.16. The molecule has 0 saturated heterocycles. The Hall–Kier alpha value is -1.57. The monoisotopic (exact) mass is 280 g/mol. The van der Waals surface area contributed by atoms with E-state index in [0.29, 0.717) is 30.3 Å². The number of aliphatic hydroxyl groups is 1. The number of nitrogens with zero attached hydrogens (tertiary/aromatic N) is 4. The molecule has 0 aliphatic carbocycles. The zero-order chi connectivity index (χ0) is 13.8.